The highest BCUT2D eigenvalue weighted by Gasteiger charge is 2.40. The van der Waals surface area contributed by atoms with Gasteiger partial charge in [0.1, 0.15) is 0 Å². The quantitative estimate of drug-likeness (QED) is 0.366. The van der Waals surface area contributed by atoms with E-state index in [-0.39, 0.29) is 23.4 Å². The lowest BCUT2D eigenvalue weighted by atomic mass is 9.90. The molecule has 2 unspecified atom stereocenters. The van der Waals surface area contributed by atoms with Gasteiger partial charge in [0.05, 0.1) is 18.1 Å². The van der Waals surface area contributed by atoms with Crippen LogP contribution >= 0.6 is 11.6 Å². The summed E-state index contributed by atoms with van der Waals surface area (Å²) in [6, 6.07) is 3.65. The molecule has 0 spiro atoms. The van der Waals surface area contributed by atoms with Gasteiger partial charge in [-0.25, -0.2) is 4.79 Å². The van der Waals surface area contributed by atoms with Crippen LogP contribution < -0.4 is 0 Å². The molecule has 0 saturated heterocycles. The summed E-state index contributed by atoms with van der Waals surface area (Å²) in [4.78, 5) is 21.7. The van der Waals surface area contributed by atoms with Gasteiger partial charge >= 0.3 is 18.1 Å². The monoisotopic (exact) mass is 440 g/mol. The summed E-state index contributed by atoms with van der Waals surface area (Å²) < 4.78 is 39.1. The van der Waals surface area contributed by atoms with Gasteiger partial charge in [0, 0.05) is 11.4 Å². The third kappa shape index (κ3) is 8.59. The third-order valence-electron chi connectivity index (χ3n) is 4.53. The second kappa shape index (κ2) is 10.8. The van der Waals surface area contributed by atoms with E-state index in [2.05, 4.69) is 0 Å². The van der Waals surface area contributed by atoms with Crippen LogP contribution in [0.2, 0.25) is 5.02 Å². The van der Waals surface area contributed by atoms with Gasteiger partial charge in [0.2, 0.25) is 0 Å². The Bertz CT molecular complexity index is 710. The van der Waals surface area contributed by atoms with Crippen LogP contribution in [0.1, 0.15) is 56.1 Å². The highest BCUT2D eigenvalue weighted by Crippen LogP contribution is 2.34. The molecule has 0 bridgehead atoms. The first-order chi connectivity index (χ1) is 13.3. The number of carbonyl (C=O) groups is 2. The number of carboxylic acid groups (broad SMARTS) is 2. The molecule has 1 aromatic carbocycles. The van der Waals surface area contributed by atoms with Crippen molar-refractivity contribution in [1.29, 1.82) is 0 Å². The van der Waals surface area contributed by atoms with Gasteiger partial charge in [0.15, 0.2) is 5.60 Å². The smallest absolute Gasteiger partial charge is 0.416 e. The predicted molar refractivity (Wildman–Crippen MR) is 98.7 cm³/mol. The van der Waals surface area contributed by atoms with Gasteiger partial charge in [-0.1, -0.05) is 36.9 Å². The van der Waals surface area contributed by atoms with E-state index in [0.717, 1.165) is 6.07 Å². The van der Waals surface area contributed by atoms with Gasteiger partial charge in [-0.3, -0.25) is 4.79 Å². The number of unbranched alkanes of at least 4 members (excludes halogenated alkanes) is 3. The summed E-state index contributed by atoms with van der Waals surface area (Å²) in [6.45, 7) is 0. The molecule has 0 amide bonds. The fraction of sp³-hybridized carbons (Fsp3) is 0.579. The van der Waals surface area contributed by atoms with Gasteiger partial charge in [-0.2, -0.15) is 13.2 Å². The molecule has 0 radical (unpaired) electrons. The van der Waals surface area contributed by atoms with Gasteiger partial charge in [-0.05, 0) is 37.0 Å². The molecule has 0 aliphatic carbocycles. The number of hydrogen-bond acceptors (Lipinski definition) is 4. The van der Waals surface area contributed by atoms with Crippen LogP contribution in [-0.4, -0.2) is 44.1 Å². The number of aliphatic hydroxyl groups is 2. The minimum absolute atomic E-state index is 0.0132. The van der Waals surface area contributed by atoms with Gasteiger partial charge in [-0.15, -0.1) is 0 Å². The highest BCUT2D eigenvalue weighted by molar-refractivity contribution is 6.30. The summed E-state index contributed by atoms with van der Waals surface area (Å²) >= 11 is 5.64. The Balaban J connectivity index is 2.41. The molecule has 0 aliphatic rings. The molecule has 1 rings (SSSR count). The lowest BCUT2D eigenvalue weighted by Gasteiger charge is -2.24. The lowest BCUT2D eigenvalue weighted by Crippen LogP contribution is -2.43. The molecule has 0 saturated carbocycles. The van der Waals surface area contributed by atoms with E-state index in [4.69, 9.17) is 21.8 Å². The van der Waals surface area contributed by atoms with Gasteiger partial charge in [0.25, 0.3) is 0 Å². The maximum atomic E-state index is 13.0. The number of benzene rings is 1. The van der Waals surface area contributed by atoms with E-state index in [0.29, 0.717) is 25.7 Å². The first-order valence-corrected chi connectivity index (χ1v) is 9.44. The second-order valence-electron chi connectivity index (χ2n) is 7.02. The van der Waals surface area contributed by atoms with Crippen molar-refractivity contribution in [2.45, 2.75) is 69.2 Å². The Kier molecular flexibility index (Phi) is 9.38. The number of halogens is 4. The molecule has 0 fully saturated rings. The van der Waals surface area contributed by atoms with E-state index in [1.807, 2.05) is 0 Å². The first kappa shape index (κ1) is 25.2. The van der Waals surface area contributed by atoms with Crippen molar-refractivity contribution in [1.82, 2.24) is 0 Å². The fourth-order valence-corrected chi connectivity index (χ4v) is 3.23. The number of alkyl halides is 3. The first-order valence-electron chi connectivity index (χ1n) is 9.06. The SMILES string of the molecule is O=C(O)CC(O)(CC(O)CCCCCCc1ccc(Cl)cc1C(F)(F)F)C(=O)O. The molecule has 164 valence electrons. The molecular weight excluding hydrogens is 417 g/mol. The summed E-state index contributed by atoms with van der Waals surface area (Å²) in [6.07, 6.45) is -4.87. The van der Waals surface area contributed by atoms with E-state index in [9.17, 15) is 33.0 Å². The van der Waals surface area contributed by atoms with E-state index in [1.165, 1.54) is 12.1 Å². The third-order valence-corrected chi connectivity index (χ3v) is 4.76. The maximum absolute atomic E-state index is 13.0. The molecule has 0 aromatic heterocycles. The Morgan fingerprint density at radius 3 is 2.24 bits per heavy atom. The number of aliphatic carboxylic acids is 2. The molecule has 0 heterocycles. The van der Waals surface area contributed by atoms with E-state index in [1.54, 1.807) is 0 Å². The summed E-state index contributed by atoms with van der Waals surface area (Å²) in [5, 5.41) is 37.4. The van der Waals surface area contributed by atoms with Crippen LogP contribution in [-0.2, 0) is 22.2 Å². The van der Waals surface area contributed by atoms with Crippen molar-refractivity contribution >= 4 is 23.5 Å². The van der Waals surface area contributed by atoms with Crippen molar-refractivity contribution in [2.75, 3.05) is 0 Å². The summed E-state index contributed by atoms with van der Waals surface area (Å²) in [7, 11) is 0. The average molecular weight is 441 g/mol. The van der Waals surface area contributed by atoms with Gasteiger partial charge < -0.3 is 20.4 Å². The Hall–Kier alpha value is -1.84. The molecule has 2 atom stereocenters. The Morgan fingerprint density at radius 1 is 1.07 bits per heavy atom. The number of carboxylic acids is 2. The van der Waals surface area contributed by atoms with E-state index < -0.39 is 48.2 Å². The standard InChI is InChI=1S/C19H24ClF3O6/c20-13-8-7-12(15(9-13)19(21,22)23)5-3-1-2-4-6-14(24)10-18(29,17(27)28)11-16(25)26/h7-9,14,24,29H,1-6,10-11H2,(H,25,26)(H,27,28). The second-order valence-corrected chi connectivity index (χ2v) is 7.45. The highest BCUT2D eigenvalue weighted by atomic mass is 35.5. The molecule has 10 heteroatoms. The minimum Gasteiger partial charge on any atom is -0.481 e. The fourth-order valence-electron chi connectivity index (χ4n) is 3.06. The molecular formula is C19H24ClF3O6. The lowest BCUT2D eigenvalue weighted by molar-refractivity contribution is -0.168. The number of aliphatic hydroxyl groups excluding tert-OH is 1. The molecule has 29 heavy (non-hydrogen) atoms. The molecule has 1 aromatic rings. The number of aryl methyl sites for hydroxylation is 1. The van der Waals surface area contributed by atoms with E-state index >= 15 is 0 Å². The average Bonchev–Trinajstić information content (AvgIpc) is 2.57. The summed E-state index contributed by atoms with van der Waals surface area (Å²) in [5.74, 6) is -3.22. The zero-order valence-corrected chi connectivity index (χ0v) is 16.3. The van der Waals surface area contributed by atoms with Crippen LogP contribution in [0, 0.1) is 0 Å². The zero-order chi connectivity index (χ0) is 22.2. The van der Waals surface area contributed by atoms with Crippen molar-refractivity contribution < 1.29 is 43.2 Å². The zero-order valence-electron chi connectivity index (χ0n) is 15.6. The number of rotatable bonds is 12. The van der Waals surface area contributed by atoms with Crippen molar-refractivity contribution in [3.63, 3.8) is 0 Å². The summed E-state index contributed by atoms with van der Waals surface area (Å²) in [5.41, 5.74) is -3.15. The Morgan fingerprint density at radius 2 is 1.69 bits per heavy atom. The van der Waals surface area contributed by atoms with Crippen LogP contribution in [0.25, 0.3) is 0 Å². The largest absolute Gasteiger partial charge is 0.481 e. The van der Waals surface area contributed by atoms with Crippen LogP contribution in [0.3, 0.4) is 0 Å². The number of hydrogen-bond donors (Lipinski definition) is 4. The van der Waals surface area contributed by atoms with Crippen molar-refractivity contribution in [2.24, 2.45) is 0 Å². The van der Waals surface area contributed by atoms with Crippen molar-refractivity contribution in [3.05, 3.63) is 34.3 Å². The normalized spacial score (nSPS) is 15.0. The minimum atomic E-state index is -4.48. The van der Waals surface area contributed by atoms with Crippen molar-refractivity contribution in [3.8, 4) is 0 Å². The predicted octanol–water partition coefficient (Wildman–Crippen LogP) is 3.89. The molecule has 6 nitrogen and oxygen atoms in total. The van der Waals surface area contributed by atoms with Crippen LogP contribution in [0.4, 0.5) is 13.2 Å². The van der Waals surface area contributed by atoms with Crippen LogP contribution in [0.15, 0.2) is 18.2 Å². The van der Waals surface area contributed by atoms with Crippen LogP contribution in [0.5, 0.6) is 0 Å². The molecule has 4 N–H and O–H groups in total. The Labute approximate surface area is 170 Å². The maximum Gasteiger partial charge on any atom is 0.416 e. The topological polar surface area (TPSA) is 115 Å². The molecule has 0 aliphatic heterocycles.